The molecule has 0 atom stereocenters. The summed E-state index contributed by atoms with van der Waals surface area (Å²) in [5.41, 5.74) is 2.35. The lowest BCUT2D eigenvalue weighted by molar-refractivity contribution is -0.137. The molecule has 2 amide bonds. The zero-order valence-electron chi connectivity index (χ0n) is 21.2. The Hall–Kier alpha value is -2.74. The van der Waals surface area contributed by atoms with Crippen LogP contribution in [0, 0.1) is 5.92 Å². The number of piperidine rings is 1. The van der Waals surface area contributed by atoms with Crippen molar-refractivity contribution in [2.45, 2.75) is 57.8 Å². The summed E-state index contributed by atoms with van der Waals surface area (Å²) in [6.07, 6.45) is 7.61. The first-order chi connectivity index (χ1) is 17.5. The highest BCUT2D eigenvalue weighted by Crippen LogP contribution is 2.33. The zero-order valence-corrected chi connectivity index (χ0v) is 22.0. The fourth-order valence-electron chi connectivity index (χ4n) is 5.76. The molecule has 36 heavy (non-hydrogen) atoms. The summed E-state index contributed by atoms with van der Waals surface area (Å²) in [5, 5.41) is 2.94. The Kier molecular flexibility index (Phi) is 7.70. The molecule has 1 aromatic heterocycles. The van der Waals surface area contributed by atoms with E-state index in [1.165, 1.54) is 19.3 Å². The molecule has 192 valence electrons. The number of anilines is 1. The van der Waals surface area contributed by atoms with Gasteiger partial charge in [0, 0.05) is 67.7 Å². The third-order valence-corrected chi connectivity index (χ3v) is 9.06. The molecule has 2 aliphatic heterocycles. The highest BCUT2D eigenvalue weighted by molar-refractivity contribution is 7.09. The van der Waals surface area contributed by atoms with E-state index in [1.54, 1.807) is 18.3 Å². The van der Waals surface area contributed by atoms with E-state index in [2.05, 4.69) is 9.80 Å². The van der Waals surface area contributed by atoms with Crippen molar-refractivity contribution in [2.75, 3.05) is 44.2 Å². The lowest BCUT2D eigenvalue weighted by atomic mass is 9.87. The standard InChI is InChI=1S/C28H36N4O3S/c1-20(33)21-7-9-24(10-8-21)30-15-17-32(18-16-30)28(35)25-19-36-26(29-25)22-11-13-31(14-12-22)27(34)23-5-3-2-4-6-23/h7-10,19,22-23H,2-6,11-18H2,1H3. The van der Waals surface area contributed by atoms with Crippen molar-refractivity contribution in [2.24, 2.45) is 5.92 Å². The van der Waals surface area contributed by atoms with E-state index in [1.807, 2.05) is 34.5 Å². The Morgan fingerprint density at radius 1 is 0.833 bits per heavy atom. The Morgan fingerprint density at radius 3 is 2.14 bits per heavy atom. The summed E-state index contributed by atoms with van der Waals surface area (Å²) in [5.74, 6) is 1.01. The van der Waals surface area contributed by atoms with Crippen molar-refractivity contribution in [3.63, 3.8) is 0 Å². The summed E-state index contributed by atoms with van der Waals surface area (Å²) in [6.45, 7) is 6.01. The molecule has 3 heterocycles. The van der Waals surface area contributed by atoms with Crippen molar-refractivity contribution in [1.29, 1.82) is 0 Å². The number of carbonyl (C=O) groups is 3. The van der Waals surface area contributed by atoms with Gasteiger partial charge in [0.2, 0.25) is 5.91 Å². The van der Waals surface area contributed by atoms with Gasteiger partial charge < -0.3 is 14.7 Å². The molecular formula is C28H36N4O3S. The van der Waals surface area contributed by atoms with E-state index in [4.69, 9.17) is 4.98 Å². The summed E-state index contributed by atoms with van der Waals surface area (Å²) >= 11 is 1.59. The number of ketones is 1. The van der Waals surface area contributed by atoms with Crippen LogP contribution in [0.25, 0.3) is 0 Å². The number of hydrogen-bond acceptors (Lipinski definition) is 6. The SMILES string of the molecule is CC(=O)c1ccc(N2CCN(C(=O)c3csc(C4CCN(C(=O)C5CCCCC5)CC4)n3)CC2)cc1. The van der Waals surface area contributed by atoms with Crippen LogP contribution in [-0.2, 0) is 4.79 Å². The maximum absolute atomic E-state index is 13.1. The molecule has 0 N–H and O–H groups in total. The molecule has 0 spiro atoms. The maximum Gasteiger partial charge on any atom is 0.273 e. The average Bonchev–Trinajstić information content (AvgIpc) is 3.43. The molecule has 5 rings (SSSR count). The molecule has 1 saturated carbocycles. The van der Waals surface area contributed by atoms with Crippen molar-refractivity contribution in [1.82, 2.24) is 14.8 Å². The van der Waals surface area contributed by atoms with Gasteiger partial charge in [0.1, 0.15) is 5.69 Å². The van der Waals surface area contributed by atoms with Crippen LogP contribution in [0.3, 0.4) is 0 Å². The van der Waals surface area contributed by atoms with Gasteiger partial charge in [-0.1, -0.05) is 19.3 Å². The summed E-state index contributed by atoms with van der Waals surface area (Å²) in [7, 11) is 0. The zero-order chi connectivity index (χ0) is 25.1. The minimum absolute atomic E-state index is 0.00832. The molecular weight excluding hydrogens is 472 g/mol. The van der Waals surface area contributed by atoms with Gasteiger partial charge in [-0.3, -0.25) is 14.4 Å². The second kappa shape index (κ2) is 11.1. The number of piperazine rings is 1. The van der Waals surface area contributed by atoms with E-state index in [9.17, 15) is 14.4 Å². The number of Topliss-reactive ketones (excluding diaryl/α,β-unsaturated/α-hetero) is 1. The minimum Gasteiger partial charge on any atom is -0.368 e. The quantitative estimate of drug-likeness (QED) is 0.552. The van der Waals surface area contributed by atoms with Crippen molar-refractivity contribution in [3.8, 4) is 0 Å². The number of hydrogen-bond donors (Lipinski definition) is 0. The van der Waals surface area contributed by atoms with Gasteiger partial charge in [-0.05, 0) is 56.9 Å². The van der Waals surface area contributed by atoms with Crippen LogP contribution in [0.15, 0.2) is 29.6 Å². The van der Waals surface area contributed by atoms with E-state index in [0.717, 1.165) is 62.6 Å². The number of likely N-dealkylation sites (tertiary alicyclic amines) is 1. The van der Waals surface area contributed by atoms with E-state index >= 15 is 0 Å². The molecule has 3 fully saturated rings. The number of benzene rings is 1. The van der Waals surface area contributed by atoms with E-state index < -0.39 is 0 Å². The van der Waals surface area contributed by atoms with Crippen molar-refractivity contribution in [3.05, 3.63) is 45.9 Å². The Bertz CT molecular complexity index is 1080. The van der Waals surface area contributed by atoms with Crippen LogP contribution in [0.4, 0.5) is 5.69 Å². The number of nitrogens with zero attached hydrogens (tertiary/aromatic N) is 4. The van der Waals surface area contributed by atoms with Gasteiger partial charge in [0.05, 0.1) is 5.01 Å². The first-order valence-corrected chi connectivity index (χ1v) is 14.3. The highest BCUT2D eigenvalue weighted by Gasteiger charge is 2.31. The first-order valence-electron chi connectivity index (χ1n) is 13.4. The third kappa shape index (κ3) is 5.48. The van der Waals surface area contributed by atoms with Gasteiger partial charge in [0.25, 0.3) is 5.91 Å². The molecule has 2 saturated heterocycles. The largest absolute Gasteiger partial charge is 0.368 e. The van der Waals surface area contributed by atoms with Crippen LogP contribution in [0.2, 0.25) is 0 Å². The Labute approximate surface area is 217 Å². The summed E-state index contributed by atoms with van der Waals surface area (Å²) in [4.78, 5) is 48.5. The van der Waals surface area contributed by atoms with Crippen molar-refractivity contribution >= 4 is 34.6 Å². The fraction of sp³-hybridized carbons (Fsp3) is 0.571. The lowest BCUT2D eigenvalue weighted by Crippen LogP contribution is -2.48. The maximum atomic E-state index is 13.1. The smallest absolute Gasteiger partial charge is 0.273 e. The molecule has 0 bridgehead atoms. The minimum atomic E-state index is 0.00832. The molecule has 1 aliphatic carbocycles. The number of rotatable bonds is 5. The molecule has 8 heteroatoms. The molecule has 3 aliphatic rings. The van der Waals surface area contributed by atoms with Crippen LogP contribution in [0.5, 0.6) is 0 Å². The lowest BCUT2D eigenvalue weighted by Gasteiger charge is -2.36. The van der Waals surface area contributed by atoms with Gasteiger partial charge in [-0.2, -0.15) is 0 Å². The topological polar surface area (TPSA) is 73.8 Å². The summed E-state index contributed by atoms with van der Waals surface area (Å²) in [6, 6.07) is 7.69. The number of amides is 2. The third-order valence-electron chi connectivity index (χ3n) is 8.06. The number of aromatic nitrogens is 1. The van der Waals surface area contributed by atoms with Crippen molar-refractivity contribution < 1.29 is 14.4 Å². The monoisotopic (exact) mass is 508 g/mol. The van der Waals surface area contributed by atoms with Gasteiger partial charge >= 0.3 is 0 Å². The Morgan fingerprint density at radius 2 is 1.50 bits per heavy atom. The number of thiazole rings is 1. The van der Waals surface area contributed by atoms with E-state index in [0.29, 0.717) is 36.2 Å². The first kappa shape index (κ1) is 24.9. The predicted molar refractivity (Wildman–Crippen MR) is 142 cm³/mol. The highest BCUT2D eigenvalue weighted by atomic mass is 32.1. The normalized spacial score (nSPS) is 20.0. The molecule has 1 aromatic carbocycles. The molecule has 0 radical (unpaired) electrons. The second-order valence-electron chi connectivity index (χ2n) is 10.4. The van der Waals surface area contributed by atoms with Gasteiger partial charge in [-0.25, -0.2) is 4.98 Å². The van der Waals surface area contributed by atoms with Crippen LogP contribution in [-0.4, -0.2) is 71.6 Å². The molecule has 0 unspecified atom stereocenters. The molecule has 2 aromatic rings. The number of carbonyl (C=O) groups excluding carboxylic acids is 3. The van der Waals surface area contributed by atoms with Crippen LogP contribution < -0.4 is 4.90 Å². The average molecular weight is 509 g/mol. The van der Waals surface area contributed by atoms with Crippen LogP contribution in [0.1, 0.15) is 83.6 Å². The van der Waals surface area contributed by atoms with Gasteiger partial charge in [0.15, 0.2) is 5.78 Å². The van der Waals surface area contributed by atoms with Gasteiger partial charge in [-0.15, -0.1) is 11.3 Å². The summed E-state index contributed by atoms with van der Waals surface area (Å²) < 4.78 is 0. The van der Waals surface area contributed by atoms with Crippen LogP contribution >= 0.6 is 11.3 Å². The second-order valence-corrected chi connectivity index (χ2v) is 11.3. The molecule has 7 nitrogen and oxygen atoms in total. The predicted octanol–water partition coefficient (Wildman–Crippen LogP) is 4.59. The fourth-order valence-corrected chi connectivity index (χ4v) is 6.73. The Balaban J connectivity index is 1.11. The van der Waals surface area contributed by atoms with E-state index in [-0.39, 0.29) is 17.6 Å².